The summed E-state index contributed by atoms with van der Waals surface area (Å²) >= 11 is 11.9. The van der Waals surface area contributed by atoms with Gasteiger partial charge in [0.05, 0.1) is 22.1 Å². The van der Waals surface area contributed by atoms with Gasteiger partial charge in [0.1, 0.15) is 18.0 Å². The molecule has 0 saturated carbocycles. The van der Waals surface area contributed by atoms with Gasteiger partial charge < -0.3 is 4.74 Å². The largest absolute Gasteiger partial charge is 0.488 e. The lowest BCUT2D eigenvalue weighted by Crippen LogP contribution is -2.00. The highest BCUT2D eigenvalue weighted by Gasteiger charge is 2.19. The van der Waals surface area contributed by atoms with Crippen LogP contribution in [0, 0.1) is 20.2 Å². The molecule has 158 valence electrons. The minimum Gasteiger partial charge on any atom is -0.488 e. The number of nitrogens with zero attached hydrogens (tertiary/aromatic N) is 3. The molecule has 3 aromatic carbocycles. The van der Waals surface area contributed by atoms with E-state index in [4.69, 9.17) is 27.9 Å². The number of rotatable bonds is 8. The van der Waals surface area contributed by atoms with E-state index in [2.05, 4.69) is 10.5 Å². The van der Waals surface area contributed by atoms with Crippen molar-refractivity contribution < 1.29 is 14.6 Å². The molecule has 0 aliphatic heterocycles. The highest BCUT2D eigenvalue weighted by Crippen LogP contribution is 2.29. The van der Waals surface area contributed by atoms with Gasteiger partial charge in [0.2, 0.25) is 0 Å². The maximum Gasteiger partial charge on any atom is 0.301 e. The van der Waals surface area contributed by atoms with Crippen molar-refractivity contribution in [1.82, 2.24) is 0 Å². The van der Waals surface area contributed by atoms with Gasteiger partial charge in [0.25, 0.3) is 5.69 Å². The molecule has 3 aromatic rings. The van der Waals surface area contributed by atoms with Crippen LogP contribution in [0.1, 0.15) is 11.1 Å². The van der Waals surface area contributed by atoms with E-state index in [0.29, 0.717) is 21.4 Å². The Morgan fingerprint density at radius 3 is 2.32 bits per heavy atom. The molecule has 0 heterocycles. The Morgan fingerprint density at radius 2 is 1.65 bits per heavy atom. The van der Waals surface area contributed by atoms with Crippen molar-refractivity contribution in [2.75, 3.05) is 5.43 Å². The molecule has 0 aromatic heterocycles. The number of ether oxygens (including phenoxy) is 1. The molecule has 1 N–H and O–H groups in total. The maximum atomic E-state index is 11.2. The number of hydrogen-bond donors (Lipinski definition) is 1. The molecule has 0 bridgehead atoms. The second kappa shape index (κ2) is 9.88. The Balaban J connectivity index is 1.77. The van der Waals surface area contributed by atoms with Crippen molar-refractivity contribution in [2.24, 2.45) is 5.10 Å². The third-order valence-corrected chi connectivity index (χ3v) is 4.54. The van der Waals surface area contributed by atoms with Crippen LogP contribution in [-0.4, -0.2) is 16.1 Å². The van der Waals surface area contributed by atoms with Crippen LogP contribution in [0.15, 0.2) is 65.8 Å². The summed E-state index contributed by atoms with van der Waals surface area (Å²) in [7, 11) is 0. The molecule has 31 heavy (non-hydrogen) atoms. The number of non-ortho nitro benzene ring substituents is 1. The van der Waals surface area contributed by atoms with Crippen LogP contribution in [0.5, 0.6) is 5.75 Å². The van der Waals surface area contributed by atoms with Crippen molar-refractivity contribution in [3.8, 4) is 5.75 Å². The third kappa shape index (κ3) is 5.91. The lowest BCUT2D eigenvalue weighted by molar-refractivity contribution is -0.393. The van der Waals surface area contributed by atoms with Gasteiger partial charge >= 0.3 is 5.69 Å². The van der Waals surface area contributed by atoms with Crippen LogP contribution in [0.25, 0.3) is 0 Å². The molecule has 0 atom stereocenters. The van der Waals surface area contributed by atoms with Crippen molar-refractivity contribution >= 4 is 46.5 Å². The van der Waals surface area contributed by atoms with Crippen LogP contribution in [0.3, 0.4) is 0 Å². The molecular formula is C20H14Cl2N4O5. The fourth-order valence-electron chi connectivity index (χ4n) is 2.54. The Hall–Kier alpha value is -3.69. The summed E-state index contributed by atoms with van der Waals surface area (Å²) in [5.41, 5.74) is 3.09. The lowest BCUT2D eigenvalue weighted by atomic mass is 10.2. The SMILES string of the molecule is O=[N+]([O-])c1ccc(N/N=C/c2cc(Cl)ccc2OCc2ccc(Cl)cc2)c([N+](=O)[O-])c1. The molecule has 0 aliphatic rings. The number of nitro groups is 2. The van der Waals surface area contributed by atoms with Crippen LogP contribution < -0.4 is 10.2 Å². The first-order valence-corrected chi connectivity index (χ1v) is 9.48. The minimum absolute atomic E-state index is 0.00230. The first-order chi connectivity index (χ1) is 14.8. The topological polar surface area (TPSA) is 120 Å². The Bertz CT molecular complexity index is 1150. The monoisotopic (exact) mass is 460 g/mol. The van der Waals surface area contributed by atoms with Crippen LogP contribution >= 0.6 is 23.2 Å². The molecule has 0 aliphatic carbocycles. The minimum atomic E-state index is -0.731. The first-order valence-electron chi connectivity index (χ1n) is 8.72. The van der Waals surface area contributed by atoms with E-state index >= 15 is 0 Å². The average molecular weight is 461 g/mol. The summed E-state index contributed by atoms with van der Waals surface area (Å²) < 4.78 is 5.82. The molecule has 3 rings (SSSR count). The first kappa shape index (κ1) is 22.0. The summed E-state index contributed by atoms with van der Waals surface area (Å²) in [6.45, 7) is 0.279. The predicted octanol–water partition coefficient (Wildman–Crippen LogP) is 5.83. The molecule has 0 radical (unpaired) electrons. The fourth-order valence-corrected chi connectivity index (χ4v) is 2.85. The van der Waals surface area contributed by atoms with Crippen molar-refractivity contribution in [2.45, 2.75) is 6.61 Å². The number of nitrogens with one attached hydrogen (secondary N) is 1. The van der Waals surface area contributed by atoms with Crippen LogP contribution in [-0.2, 0) is 6.61 Å². The number of benzene rings is 3. The van der Waals surface area contributed by atoms with E-state index < -0.39 is 21.2 Å². The highest BCUT2D eigenvalue weighted by atomic mass is 35.5. The molecule has 11 heteroatoms. The molecule has 0 unspecified atom stereocenters. The standard InChI is InChI=1S/C20H14Cl2N4O5/c21-15-3-1-13(2-4-15)12-31-20-8-5-16(22)9-14(20)11-23-24-18-7-6-17(25(27)28)10-19(18)26(29)30/h1-11,24H,12H2/b23-11+. The van der Waals surface area contributed by atoms with E-state index in [1.807, 2.05) is 12.1 Å². The van der Waals surface area contributed by atoms with E-state index in [0.717, 1.165) is 17.7 Å². The number of halogens is 2. The van der Waals surface area contributed by atoms with Gasteiger partial charge in [-0.3, -0.25) is 25.7 Å². The van der Waals surface area contributed by atoms with Crippen molar-refractivity contribution in [1.29, 1.82) is 0 Å². The van der Waals surface area contributed by atoms with E-state index in [1.54, 1.807) is 30.3 Å². The predicted molar refractivity (Wildman–Crippen MR) is 118 cm³/mol. The van der Waals surface area contributed by atoms with Crippen LogP contribution in [0.2, 0.25) is 10.0 Å². The summed E-state index contributed by atoms with van der Waals surface area (Å²) in [5.74, 6) is 0.489. The molecular weight excluding hydrogens is 447 g/mol. The molecule has 9 nitrogen and oxygen atoms in total. The van der Waals surface area contributed by atoms with Gasteiger partial charge in [0.15, 0.2) is 0 Å². The van der Waals surface area contributed by atoms with Gasteiger partial charge in [-0.2, -0.15) is 5.10 Å². The second-order valence-electron chi connectivity index (χ2n) is 6.18. The van der Waals surface area contributed by atoms with Gasteiger partial charge in [0, 0.05) is 21.7 Å². The number of nitro benzene ring substituents is 2. The van der Waals surface area contributed by atoms with Gasteiger partial charge in [-0.1, -0.05) is 35.3 Å². The summed E-state index contributed by atoms with van der Waals surface area (Å²) in [5, 5.41) is 27.1. The zero-order valence-electron chi connectivity index (χ0n) is 15.7. The fraction of sp³-hybridized carbons (Fsp3) is 0.0500. The van der Waals surface area contributed by atoms with Crippen molar-refractivity contribution in [3.63, 3.8) is 0 Å². The highest BCUT2D eigenvalue weighted by molar-refractivity contribution is 6.31. The smallest absolute Gasteiger partial charge is 0.301 e. The lowest BCUT2D eigenvalue weighted by Gasteiger charge is -2.10. The summed E-state index contributed by atoms with van der Waals surface area (Å²) in [4.78, 5) is 20.6. The van der Waals surface area contributed by atoms with E-state index in [-0.39, 0.29) is 12.3 Å². The molecule has 0 fully saturated rings. The summed E-state index contributed by atoms with van der Waals surface area (Å²) in [6, 6.07) is 15.3. The molecule has 0 amide bonds. The second-order valence-corrected chi connectivity index (χ2v) is 7.06. The van der Waals surface area contributed by atoms with Gasteiger partial charge in [-0.05, 0) is 42.0 Å². The maximum absolute atomic E-state index is 11.2. The Labute approximate surface area is 186 Å². The van der Waals surface area contributed by atoms with Crippen molar-refractivity contribution in [3.05, 3.63) is 102 Å². The number of hydrogen-bond acceptors (Lipinski definition) is 7. The van der Waals surface area contributed by atoms with Gasteiger partial charge in [-0.15, -0.1) is 0 Å². The zero-order valence-corrected chi connectivity index (χ0v) is 17.2. The number of hydrazone groups is 1. The quantitative estimate of drug-likeness (QED) is 0.256. The number of anilines is 1. The van der Waals surface area contributed by atoms with Gasteiger partial charge in [-0.25, -0.2) is 0 Å². The average Bonchev–Trinajstić information content (AvgIpc) is 2.74. The Kier molecular flexibility index (Phi) is 7.01. The third-order valence-electron chi connectivity index (χ3n) is 4.06. The molecule has 0 saturated heterocycles. The zero-order chi connectivity index (χ0) is 22.4. The molecule has 0 spiro atoms. The summed E-state index contributed by atoms with van der Waals surface area (Å²) in [6.07, 6.45) is 1.38. The Morgan fingerprint density at radius 1 is 0.935 bits per heavy atom. The normalized spacial score (nSPS) is 10.8. The van der Waals surface area contributed by atoms with E-state index in [1.165, 1.54) is 12.3 Å². The van der Waals surface area contributed by atoms with Crippen LogP contribution in [0.4, 0.5) is 17.1 Å². The van der Waals surface area contributed by atoms with E-state index in [9.17, 15) is 20.2 Å².